The van der Waals surface area contributed by atoms with Gasteiger partial charge in [0.05, 0.1) is 31.0 Å². The number of hydrogen-bond acceptors (Lipinski definition) is 4. The number of aliphatic hydroxyl groups excluding tert-OH is 3. The number of fused-ring (bicyclic) bond motifs is 4. The van der Waals surface area contributed by atoms with E-state index in [0.29, 0.717) is 24.4 Å². The summed E-state index contributed by atoms with van der Waals surface area (Å²) >= 11 is 0. The van der Waals surface area contributed by atoms with Gasteiger partial charge < -0.3 is 20.1 Å². The third-order valence-electron chi connectivity index (χ3n) is 13.7. The summed E-state index contributed by atoms with van der Waals surface area (Å²) in [5, 5.41) is 33.2. The van der Waals surface area contributed by atoms with Gasteiger partial charge in [-0.2, -0.15) is 0 Å². The molecule has 3 N–H and O–H groups in total. The van der Waals surface area contributed by atoms with Gasteiger partial charge in [0.1, 0.15) is 0 Å². The highest BCUT2D eigenvalue weighted by atomic mass is 16.5. The van der Waals surface area contributed by atoms with Crippen molar-refractivity contribution in [1.29, 1.82) is 0 Å². The first-order valence-corrected chi connectivity index (χ1v) is 14.1. The number of allylic oxidation sites excluding steroid dienone is 1. The summed E-state index contributed by atoms with van der Waals surface area (Å²) in [6.45, 7) is 15.1. The second-order valence-corrected chi connectivity index (χ2v) is 15.4. The molecule has 0 radical (unpaired) electrons. The number of ether oxygens (including phenoxy) is 1. The molecular weight excluding hydrogens is 424 g/mol. The Labute approximate surface area is 206 Å². The van der Waals surface area contributed by atoms with Crippen LogP contribution in [-0.4, -0.2) is 46.3 Å². The molecule has 0 aromatic rings. The fourth-order valence-electron chi connectivity index (χ4n) is 11.3. The summed E-state index contributed by atoms with van der Waals surface area (Å²) < 4.78 is 7.01. The van der Waals surface area contributed by atoms with Crippen molar-refractivity contribution >= 4 is 0 Å². The highest BCUT2D eigenvalue weighted by molar-refractivity contribution is 5.35. The van der Waals surface area contributed by atoms with E-state index in [1.807, 2.05) is 0 Å². The van der Waals surface area contributed by atoms with Crippen LogP contribution >= 0.6 is 0 Å². The van der Waals surface area contributed by atoms with E-state index in [1.54, 1.807) is 0 Å². The zero-order valence-corrected chi connectivity index (χ0v) is 22.4. The molecule has 1 saturated heterocycles. The lowest BCUT2D eigenvalue weighted by atomic mass is 9.32. The zero-order valence-electron chi connectivity index (χ0n) is 22.4. The molecule has 11 atom stereocenters. The molecular formula is C30H48O4. The van der Waals surface area contributed by atoms with Crippen molar-refractivity contribution in [2.45, 2.75) is 111 Å². The lowest BCUT2D eigenvalue weighted by Gasteiger charge is -2.73. The van der Waals surface area contributed by atoms with Gasteiger partial charge in [-0.1, -0.05) is 53.7 Å². The van der Waals surface area contributed by atoms with Crippen molar-refractivity contribution in [3.8, 4) is 0 Å². The Morgan fingerprint density at radius 1 is 0.853 bits per heavy atom. The van der Waals surface area contributed by atoms with Crippen molar-refractivity contribution in [3.05, 3.63) is 12.2 Å². The van der Waals surface area contributed by atoms with E-state index in [9.17, 15) is 15.3 Å². The van der Waals surface area contributed by atoms with Crippen LogP contribution in [0.25, 0.3) is 0 Å². The molecule has 1 aliphatic heterocycles. The fourth-order valence-corrected chi connectivity index (χ4v) is 11.3. The van der Waals surface area contributed by atoms with Crippen LogP contribution in [0.3, 0.4) is 0 Å². The van der Waals surface area contributed by atoms with Crippen LogP contribution in [0.15, 0.2) is 12.2 Å². The molecule has 192 valence electrons. The third-order valence-corrected chi connectivity index (χ3v) is 13.7. The Bertz CT molecular complexity index is 913. The van der Waals surface area contributed by atoms with Crippen molar-refractivity contribution < 1.29 is 20.1 Å². The van der Waals surface area contributed by atoms with E-state index in [0.717, 1.165) is 44.9 Å². The molecule has 2 bridgehead atoms. The highest BCUT2D eigenvalue weighted by Gasteiger charge is 2.78. The molecule has 0 amide bonds. The maximum atomic E-state index is 11.8. The Kier molecular flexibility index (Phi) is 4.73. The standard InChI is InChI=1S/C30H48O4/c1-24(2)13-14-29-18-34-30(21(29)15-24)12-8-20-25(3)10-9-22(32)26(4,17-31)19(25)7-11-27(20,5)28(30,6)16-23(29)33/h8,12,19-23,31-33H,7,9-11,13-18H2,1-6H3/t19-,20-,21-,22+,23+,25+,26+,27-,28+,29-,30+/m1/s1. The van der Waals surface area contributed by atoms with Crippen LogP contribution < -0.4 is 0 Å². The van der Waals surface area contributed by atoms with Gasteiger partial charge in [0.2, 0.25) is 0 Å². The first-order valence-electron chi connectivity index (χ1n) is 14.1. The highest BCUT2D eigenvalue weighted by Crippen LogP contribution is 2.79. The van der Waals surface area contributed by atoms with Gasteiger partial charge in [-0.25, -0.2) is 0 Å². The predicted octanol–water partition coefficient (Wildman–Crippen LogP) is 5.10. The average molecular weight is 473 g/mol. The number of hydrogen-bond donors (Lipinski definition) is 3. The maximum Gasteiger partial charge on any atom is 0.0957 e. The van der Waals surface area contributed by atoms with Gasteiger partial charge in [0.15, 0.2) is 0 Å². The molecule has 34 heavy (non-hydrogen) atoms. The molecule has 1 heterocycles. The Morgan fingerprint density at radius 2 is 1.59 bits per heavy atom. The summed E-state index contributed by atoms with van der Waals surface area (Å²) in [6, 6.07) is 0. The first-order chi connectivity index (χ1) is 15.7. The van der Waals surface area contributed by atoms with Gasteiger partial charge in [0.25, 0.3) is 0 Å². The van der Waals surface area contributed by atoms with Gasteiger partial charge in [-0.05, 0) is 79.4 Å². The SMILES string of the molecule is CC1(C)CC[C@]23CO[C@@]4(C=C[C@@H]5[C@@]6(C)CC[C@H](O)[C@@](C)(CO)[C@@H]6CC[C@@]5(C)[C@]4(C)C[C@@H]2O)[C@@H]3C1. The van der Waals surface area contributed by atoms with E-state index in [-0.39, 0.29) is 45.4 Å². The topological polar surface area (TPSA) is 69.9 Å². The molecule has 5 fully saturated rings. The number of rotatable bonds is 1. The number of aliphatic hydroxyl groups is 3. The van der Waals surface area contributed by atoms with Gasteiger partial charge in [0, 0.05) is 22.2 Å². The predicted molar refractivity (Wildman–Crippen MR) is 133 cm³/mol. The smallest absolute Gasteiger partial charge is 0.0957 e. The molecule has 4 nitrogen and oxygen atoms in total. The molecule has 4 heteroatoms. The van der Waals surface area contributed by atoms with Crippen LogP contribution in [0.1, 0.15) is 92.9 Å². The van der Waals surface area contributed by atoms with E-state index >= 15 is 0 Å². The molecule has 0 aromatic carbocycles. The molecule has 0 unspecified atom stereocenters. The van der Waals surface area contributed by atoms with Crippen LogP contribution in [-0.2, 0) is 4.74 Å². The van der Waals surface area contributed by atoms with Crippen LogP contribution in [0.2, 0.25) is 0 Å². The Balaban J connectivity index is 1.49. The summed E-state index contributed by atoms with van der Waals surface area (Å²) in [4.78, 5) is 0. The zero-order chi connectivity index (χ0) is 24.6. The molecule has 6 aliphatic rings. The van der Waals surface area contributed by atoms with Crippen LogP contribution in [0.4, 0.5) is 0 Å². The van der Waals surface area contributed by atoms with Crippen LogP contribution in [0, 0.1) is 50.2 Å². The lowest BCUT2D eigenvalue weighted by molar-refractivity contribution is -0.259. The van der Waals surface area contributed by atoms with Gasteiger partial charge in [-0.15, -0.1) is 0 Å². The normalized spacial score (nSPS) is 61.7. The summed E-state index contributed by atoms with van der Waals surface area (Å²) in [5.74, 6) is 1.01. The third kappa shape index (κ3) is 2.42. The molecule has 4 saturated carbocycles. The summed E-state index contributed by atoms with van der Waals surface area (Å²) in [6.07, 6.45) is 12.3. The first kappa shape index (κ1) is 23.9. The van der Waals surface area contributed by atoms with Crippen molar-refractivity contribution in [2.75, 3.05) is 13.2 Å². The van der Waals surface area contributed by atoms with Gasteiger partial charge in [-0.3, -0.25) is 0 Å². The fraction of sp³-hybridized carbons (Fsp3) is 0.933. The molecule has 0 aromatic heterocycles. The Morgan fingerprint density at radius 3 is 2.29 bits per heavy atom. The minimum Gasteiger partial charge on any atom is -0.396 e. The molecule has 1 spiro atoms. The maximum absolute atomic E-state index is 11.8. The second kappa shape index (κ2) is 6.71. The van der Waals surface area contributed by atoms with E-state index in [4.69, 9.17) is 4.74 Å². The van der Waals surface area contributed by atoms with Crippen molar-refractivity contribution in [1.82, 2.24) is 0 Å². The minimum atomic E-state index is -0.448. The van der Waals surface area contributed by atoms with Crippen molar-refractivity contribution in [2.24, 2.45) is 50.2 Å². The molecule has 6 rings (SSSR count). The summed E-state index contributed by atoms with van der Waals surface area (Å²) in [5.41, 5.74) is -0.668. The largest absolute Gasteiger partial charge is 0.396 e. The quantitative estimate of drug-likeness (QED) is 0.464. The summed E-state index contributed by atoms with van der Waals surface area (Å²) in [7, 11) is 0. The van der Waals surface area contributed by atoms with Crippen molar-refractivity contribution in [3.63, 3.8) is 0 Å². The van der Waals surface area contributed by atoms with E-state index < -0.39 is 11.5 Å². The van der Waals surface area contributed by atoms with E-state index in [2.05, 4.69) is 53.7 Å². The minimum absolute atomic E-state index is 0.00469. The average Bonchev–Trinajstić information content (AvgIpc) is 3.04. The van der Waals surface area contributed by atoms with Crippen LogP contribution in [0.5, 0.6) is 0 Å². The Hall–Kier alpha value is -0.420. The molecule has 5 aliphatic carbocycles. The lowest BCUT2D eigenvalue weighted by Crippen LogP contribution is -2.72. The second-order valence-electron chi connectivity index (χ2n) is 15.4. The monoisotopic (exact) mass is 472 g/mol. The van der Waals surface area contributed by atoms with Gasteiger partial charge >= 0.3 is 0 Å². The van der Waals surface area contributed by atoms with E-state index in [1.165, 1.54) is 6.42 Å².